The lowest BCUT2D eigenvalue weighted by atomic mass is 9.66. The molecule has 0 aliphatic heterocycles. The van der Waals surface area contributed by atoms with E-state index in [1.165, 1.54) is 108 Å². The van der Waals surface area contributed by atoms with Gasteiger partial charge < -0.3 is 9.80 Å². The van der Waals surface area contributed by atoms with Crippen LogP contribution in [0.4, 0.5) is 22.7 Å². The summed E-state index contributed by atoms with van der Waals surface area (Å²) < 4.78 is 0. The Bertz CT molecular complexity index is 3800. The van der Waals surface area contributed by atoms with Crippen LogP contribution in [0.5, 0.6) is 0 Å². The van der Waals surface area contributed by atoms with Crippen molar-refractivity contribution < 1.29 is 0 Å². The minimum absolute atomic E-state index is 0.185. The lowest BCUT2D eigenvalue weighted by molar-refractivity contribution is 0.654. The molecule has 9 aromatic carbocycles. The van der Waals surface area contributed by atoms with E-state index in [-0.39, 0.29) is 5.41 Å². The van der Waals surface area contributed by atoms with Crippen LogP contribution in [0.15, 0.2) is 261 Å². The summed E-state index contributed by atoms with van der Waals surface area (Å²) in [4.78, 5) is 4.69. The van der Waals surface area contributed by atoms with Crippen LogP contribution in [-0.4, -0.2) is 14.1 Å². The van der Waals surface area contributed by atoms with Gasteiger partial charge in [0, 0.05) is 42.1 Å². The van der Waals surface area contributed by atoms with Crippen molar-refractivity contribution in [2.75, 3.05) is 23.9 Å². The molecule has 0 saturated carbocycles. The van der Waals surface area contributed by atoms with E-state index in [1.54, 1.807) is 0 Å². The second-order valence-corrected chi connectivity index (χ2v) is 20.9. The van der Waals surface area contributed by atoms with Gasteiger partial charge in [0.15, 0.2) is 0 Å². The zero-order valence-corrected chi connectivity index (χ0v) is 43.9. The van der Waals surface area contributed by atoms with Gasteiger partial charge in [-0.3, -0.25) is 0 Å². The largest absolute Gasteiger partial charge is 0.345 e. The molecule has 0 fully saturated rings. The van der Waals surface area contributed by atoms with Crippen molar-refractivity contribution in [3.8, 4) is 22.3 Å². The molecule has 5 aliphatic rings. The first kappa shape index (κ1) is 48.0. The number of hydrogen-bond donors (Lipinski definition) is 0. The topological polar surface area (TPSA) is 6.48 Å². The van der Waals surface area contributed by atoms with Gasteiger partial charge in [-0.05, 0) is 151 Å². The van der Waals surface area contributed by atoms with Gasteiger partial charge in [-0.1, -0.05) is 232 Å². The van der Waals surface area contributed by atoms with Gasteiger partial charge in [0.2, 0.25) is 0 Å². The third kappa shape index (κ3) is 8.52. The second-order valence-electron chi connectivity index (χ2n) is 20.9. The summed E-state index contributed by atoms with van der Waals surface area (Å²) in [6.45, 7) is 4.80. The summed E-state index contributed by atoms with van der Waals surface area (Å²) in [6, 6.07) is 79.6. The van der Waals surface area contributed by atoms with Crippen molar-refractivity contribution in [1.29, 1.82) is 0 Å². The molecule has 0 amide bonds. The molecule has 5 aliphatic carbocycles. The molecule has 0 spiro atoms. The smallest absolute Gasteiger partial charge is 0.0715 e. The summed E-state index contributed by atoms with van der Waals surface area (Å²) in [7, 11) is 4.39. The summed E-state index contributed by atoms with van der Waals surface area (Å²) in [5.74, 6) is 0. The van der Waals surface area contributed by atoms with Crippen molar-refractivity contribution in [3.05, 3.63) is 316 Å². The normalized spacial score (nSPS) is 16.2. The quantitative estimate of drug-likeness (QED) is 0.140. The Morgan fingerprint density at radius 2 is 1.04 bits per heavy atom. The molecule has 0 N–H and O–H groups in total. The first-order chi connectivity index (χ1) is 37.3. The van der Waals surface area contributed by atoms with Gasteiger partial charge >= 0.3 is 0 Å². The summed E-state index contributed by atoms with van der Waals surface area (Å²) >= 11 is 0. The third-order valence-electron chi connectivity index (χ3n) is 16.2. The van der Waals surface area contributed by atoms with Crippen LogP contribution in [0, 0.1) is 0 Å². The highest BCUT2D eigenvalue weighted by Crippen LogP contribution is 2.61. The van der Waals surface area contributed by atoms with E-state index < -0.39 is 5.41 Å². The van der Waals surface area contributed by atoms with Gasteiger partial charge in [0.1, 0.15) is 0 Å². The van der Waals surface area contributed by atoms with Crippen LogP contribution >= 0.6 is 0 Å². The molecule has 0 radical (unpaired) electrons. The maximum Gasteiger partial charge on any atom is 0.0715 e. The van der Waals surface area contributed by atoms with E-state index in [9.17, 15) is 0 Å². The van der Waals surface area contributed by atoms with E-state index in [1.807, 2.05) is 6.07 Å². The number of nitrogens with zero attached hydrogens (tertiary/aromatic N) is 2. The molecule has 368 valence electrons. The molecule has 9 aromatic rings. The lowest BCUT2D eigenvalue weighted by Crippen LogP contribution is -2.30. The summed E-state index contributed by atoms with van der Waals surface area (Å²) in [6.07, 6.45) is 20.8. The molecule has 14 rings (SSSR count). The van der Waals surface area contributed by atoms with Crippen LogP contribution in [0.25, 0.3) is 45.6 Å². The molecule has 1 unspecified atom stereocenters. The maximum absolute atomic E-state index is 3.38. The highest BCUT2D eigenvalue weighted by molar-refractivity contribution is 5.98. The number of allylic oxidation sites excluding steroid dienone is 8. The molecule has 0 bridgehead atoms. The van der Waals surface area contributed by atoms with Gasteiger partial charge in [0.25, 0.3) is 0 Å². The summed E-state index contributed by atoms with van der Waals surface area (Å²) in [5.41, 5.74) is 28.5. The van der Waals surface area contributed by atoms with Crippen LogP contribution in [0.3, 0.4) is 0 Å². The predicted molar refractivity (Wildman–Crippen MR) is 324 cm³/mol. The minimum Gasteiger partial charge on any atom is -0.345 e. The number of benzene rings is 9. The molecule has 2 heteroatoms. The van der Waals surface area contributed by atoms with E-state index in [0.717, 1.165) is 23.5 Å². The fraction of sp³-hybridized carbons (Fsp3) is 0.122. The maximum atomic E-state index is 3.38. The Labute approximate surface area is 450 Å². The minimum atomic E-state index is -0.573. The molecule has 0 heterocycles. The second kappa shape index (κ2) is 20.4. The Morgan fingerprint density at radius 3 is 1.70 bits per heavy atom. The van der Waals surface area contributed by atoms with Crippen molar-refractivity contribution in [3.63, 3.8) is 0 Å². The molecule has 2 nitrogen and oxygen atoms in total. The Kier molecular flexibility index (Phi) is 12.9. The van der Waals surface area contributed by atoms with Crippen molar-refractivity contribution in [2.24, 2.45) is 0 Å². The summed E-state index contributed by atoms with van der Waals surface area (Å²) in [5, 5.41) is 0. The van der Waals surface area contributed by atoms with Gasteiger partial charge in [-0.15, -0.1) is 5.73 Å². The van der Waals surface area contributed by atoms with E-state index in [0.29, 0.717) is 0 Å². The van der Waals surface area contributed by atoms with E-state index >= 15 is 0 Å². The fourth-order valence-electron chi connectivity index (χ4n) is 12.4. The van der Waals surface area contributed by atoms with Crippen molar-refractivity contribution in [1.82, 2.24) is 0 Å². The monoisotopic (exact) mass is 978 g/mol. The molecular weight excluding hydrogens is 917 g/mol. The van der Waals surface area contributed by atoms with Gasteiger partial charge in [-0.2, -0.15) is 0 Å². The molecular formula is C74H62N2. The van der Waals surface area contributed by atoms with Gasteiger partial charge in [-0.25, -0.2) is 0 Å². The standard InChI is InChI=1S/C51H40N2.C12H12.C11H10/c1-50(2)45-31-36(28-30-41(45)42-29-27-34-17-16-25-40(34)49(42)50)51(35-18-8-5-9-19-35)44-26-15-14-24-43(44)48-46(51)32-39(52(3)37-20-10-6-11-21-37)33-47(48)53(4)38-22-12-7-13-23-38;1-3-7-11(8-4-1)12-9-5-2-6-10-12;1-2-6-10(7-3-1)11-8-4-5-9-11/h5-15,17-33H,1-4H3;1-5,7-9H,6,10H2;1-8H,9H2. The zero-order chi connectivity index (χ0) is 51.6. The first-order valence-electron chi connectivity index (χ1n) is 26.8. The lowest BCUT2D eigenvalue weighted by Gasteiger charge is -2.36. The molecule has 0 saturated heterocycles. The Balaban J connectivity index is 0.000000206. The van der Waals surface area contributed by atoms with Crippen molar-refractivity contribution in [2.45, 2.75) is 43.9 Å². The predicted octanol–water partition coefficient (Wildman–Crippen LogP) is 19.0. The highest BCUT2D eigenvalue weighted by atomic mass is 15.1. The Hall–Kier alpha value is -8.94. The number of rotatable bonds is 8. The van der Waals surface area contributed by atoms with Crippen LogP contribution in [-0.2, 0) is 10.8 Å². The van der Waals surface area contributed by atoms with Crippen LogP contribution in [0.2, 0.25) is 0 Å². The van der Waals surface area contributed by atoms with E-state index in [2.05, 4.69) is 304 Å². The zero-order valence-electron chi connectivity index (χ0n) is 43.9. The average molecular weight is 979 g/mol. The van der Waals surface area contributed by atoms with Crippen LogP contribution < -0.4 is 9.80 Å². The molecule has 1 atom stereocenters. The number of anilines is 4. The van der Waals surface area contributed by atoms with Crippen LogP contribution in [0.1, 0.15) is 88.7 Å². The highest BCUT2D eigenvalue weighted by Gasteiger charge is 2.49. The average Bonchev–Trinajstić information content (AvgIpc) is 4.37. The van der Waals surface area contributed by atoms with E-state index in [4.69, 9.17) is 0 Å². The van der Waals surface area contributed by atoms with Crippen molar-refractivity contribution >= 4 is 46.0 Å². The number of para-hydroxylation sites is 2. The number of hydrogen-bond acceptors (Lipinski definition) is 2. The molecule has 76 heavy (non-hydrogen) atoms. The first-order valence-corrected chi connectivity index (χ1v) is 26.8. The SMILES string of the molecule is C1=CCC(c2ccccc2)=C1.C1=CCCC(c2ccccc2)=C1.CN(c1ccccc1)c1cc(N(C)c2ccccc2)c2c(c1)C(c1ccccc1)(c1ccc3c(c1)C(C)(C)c1c-3ccc3c1C=C=C3)c1ccccc1-2. The Morgan fingerprint density at radius 1 is 0.447 bits per heavy atom. The van der Waals surface area contributed by atoms with Gasteiger partial charge in [0.05, 0.1) is 11.1 Å². The fourth-order valence-corrected chi connectivity index (χ4v) is 12.4. The third-order valence-corrected chi connectivity index (χ3v) is 16.2. The number of fused-ring (bicyclic) bond motifs is 8. The molecule has 0 aromatic heterocycles.